The fraction of sp³-hybridized carbons (Fsp3) is 0.294. The third-order valence-electron chi connectivity index (χ3n) is 8.89. The normalized spacial score (nSPS) is 12.7. The second kappa shape index (κ2) is 28.7. The number of methoxy groups -OCH3 is 4. The van der Waals surface area contributed by atoms with E-state index in [1.807, 2.05) is 5.32 Å². The Morgan fingerprint density at radius 2 is 1.01 bits per heavy atom. The molecule has 0 aliphatic carbocycles. The SMILES string of the molecule is COc1cc(S(=O)(=O)CCOS(=O)(=O)[O-])c(OC)cc1N=Nc1c(S(=O)(=O)[O-])cc2c(S(=O)(=O)[O-])c(NC(=O)C(N=Nc3cc(OC)c(S(=O)(=O)CCOS(=O)(=O)[O-])cc3OC)C(C)=O)ccc2c1O.[Na+].[Na+].[Na+].[Na+]. The number of nitrogens with zero attached hydrogens (tertiary/aromatic N) is 4. The maximum Gasteiger partial charge on any atom is 1.00 e. The molecule has 4 aromatic rings. The number of sulfone groups is 2. The van der Waals surface area contributed by atoms with E-state index in [0.717, 1.165) is 65.7 Å². The van der Waals surface area contributed by atoms with Crippen LogP contribution in [0.15, 0.2) is 82.5 Å². The quantitative estimate of drug-likeness (QED) is 0.0229. The van der Waals surface area contributed by atoms with Gasteiger partial charge in [0.2, 0.25) is 26.8 Å². The van der Waals surface area contributed by atoms with Crippen LogP contribution in [0.1, 0.15) is 6.92 Å². The largest absolute Gasteiger partial charge is 1.00 e. The van der Waals surface area contributed by atoms with Crippen LogP contribution in [-0.4, -0.2) is 145 Å². The number of phenolic OH excluding ortho intramolecular Hbond substituents is 1. The topological polar surface area (TPSA) is 468 Å². The fourth-order valence-electron chi connectivity index (χ4n) is 5.85. The first kappa shape index (κ1) is 71.9. The second-order valence-electron chi connectivity index (χ2n) is 13.4. The molecule has 2 N–H and O–H groups in total. The maximum atomic E-state index is 13.5. The Morgan fingerprint density at radius 1 is 0.581 bits per heavy atom. The van der Waals surface area contributed by atoms with E-state index in [0.29, 0.717) is 6.07 Å². The number of hydrogen-bond acceptors (Lipinski definition) is 29. The van der Waals surface area contributed by atoms with Gasteiger partial charge in [-0.05, 0) is 25.1 Å². The smallest absolute Gasteiger partial charge is 0.744 e. The zero-order chi connectivity index (χ0) is 52.9. The molecule has 1 unspecified atom stereocenters. The van der Waals surface area contributed by atoms with Crippen molar-refractivity contribution >= 4 is 106 Å². The van der Waals surface area contributed by atoms with E-state index in [9.17, 15) is 83.4 Å². The molecule has 0 aromatic heterocycles. The third kappa shape index (κ3) is 18.8. The van der Waals surface area contributed by atoms with Crippen molar-refractivity contribution in [1.82, 2.24) is 0 Å². The summed E-state index contributed by atoms with van der Waals surface area (Å²) in [7, 11) is -27.2. The number of fused-ring (bicyclic) bond motifs is 1. The van der Waals surface area contributed by atoms with Crippen molar-refractivity contribution in [1.29, 1.82) is 0 Å². The summed E-state index contributed by atoms with van der Waals surface area (Å²) in [6.45, 7) is -1.36. The van der Waals surface area contributed by atoms with Gasteiger partial charge >= 0.3 is 118 Å². The molecule has 0 saturated carbocycles. The summed E-state index contributed by atoms with van der Waals surface area (Å²) in [5, 5.41) is 26.3. The standard InChI is InChI=1S/C34H37N5O25S6.4Na/c1-17(40)30(38-36-21-13-25(61-4)27(15-23(21)59-2)65(43,44)10-8-63-69(53,54)55)34(42)35-20-7-6-18-19(33(20)68(50,51)52)12-29(67(47,48)49)31(32(18)41)39-37-22-14-26(62-5)28(16-24(22)60-3)66(45,46)11-9-64-70(56,57)58;;;;/h6-7,12-16,30,41H,8-11H2,1-5H3,(H,35,42)(H,47,48,49)(H,50,51,52)(H,53,54,55)(H,56,57,58);;;;/q;4*+1/p-4. The van der Waals surface area contributed by atoms with Gasteiger partial charge in [-0.25, -0.2) is 50.5 Å². The predicted octanol–water partition coefficient (Wildman–Crippen LogP) is -11.0. The summed E-state index contributed by atoms with van der Waals surface area (Å²) in [4.78, 5) is 22.0. The van der Waals surface area contributed by atoms with E-state index in [1.165, 1.54) is 0 Å². The molecule has 1 amide bonds. The number of ketones is 1. The van der Waals surface area contributed by atoms with Crippen molar-refractivity contribution in [3.63, 3.8) is 0 Å². The number of Topliss-reactive ketones (excluding diaryl/α,β-unsaturated/α-hetero) is 1. The van der Waals surface area contributed by atoms with Gasteiger partial charge in [-0.3, -0.25) is 18.0 Å². The second-order valence-corrected chi connectivity index (χ2v) is 22.3. The number of phenols is 1. The van der Waals surface area contributed by atoms with Crippen LogP contribution in [-0.2, 0) is 78.7 Å². The monoisotopic (exact) mass is 1190 g/mol. The average Bonchev–Trinajstić information content (AvgIpc) is 3.23. The first-order valence-electron chi connectivity index (χ1n) is 18.3. The number of ether oxygens (including phenoxy) is 4. The number of carbonyl (C=O) groups excluding carboxylic acids is 2. The minimum atomic E-state index is -5.88. The summed E-state index contributed by atoms with van der Waals surface area (Å²) < 4.78 is 221. The Hall–Kier alpha value is -2.06. The van der Waals surface area contributed by atoms with Crippen molar-refractivity contribution < 1.29 is 229 Å². The number of rotatable bonds is 23. The Bertz CT molecular complexity index is 3530. The number of azo groups is 2. The summed E-state index contributed by atoms with van der Waals surface area (Å²) >= 11 is 0. The van der Waals surface area contributed by atoms with Gasteiger partial charge in [0.1, 0.15) is 70.1 Å². The number of hydrogen-bond donors (Lipinski definition) is 2. The molecular weight excluding hydrogens is 1160 g/mol. The first-order chi connectivity index (χ1) is 32.2. The number of aromatic hydroxyl groups is 1. The van der Waals surface area contributed by atoms with E-state index in [-0.39, 0.29) is 124 Å². The fourth-order valence-corrected chi connectivity index (χ4v) is 10.6. The van der Waals surface area contributed by atoms with Gasteiger partial charge in [-0.1, -0.05) is 0 Å². The van der Waals surface area contributed by atoms with E-state index < -0.39 is 185 Å². The molecule has 0 bridgehead atoms. The number of amides is 1. The Labute approximate surface area is 511 Å². The molecule has 74 heavy (non-hydrogen) atoms. The average molecular weight is 1200 g/mol. The zero-order valence-corrected chi connectivity index (χ0v) is 52.8. The first-order valence-corrected chi connectivity index (χ1v) is 27.0. The van der Waals surface area contributed by atoms with E-state index in [1.54, 1.807) is 0 Å². The maximum absolute atomic E-state index is 13.5. The molecule has 0 aliphatic rings. The van der Waals surface area contributed by atoms with Crippen molar-refractivity contribution in [2.75, 3.05) is 58.5 Å². The molecule has 40 heteroatoms. The zero-order valence-electron chi connectivity index (χ0n) is 39.9. The third-order valence-corrected chi connectivity index (χ3v) is 15.0. The number of nitrogens with one attached hydrogen (secondary N) is 1. The molecule has 0 radical (unpaired) electrons. The van der Waals surface area contributed by atoms with Crippen LogP contribution in [0.4, 0.5) is 22.7 Å². The van der Waals surface area contributed by atoms with Crippen LogP contribution >= 0.6 is 0 Å². The van der Waals surface area contributed by atoms with Gasteiger partial charge in [-0.2, -0.15) is 10.2 Å². The van der Waals surface area contributed by atoms with Crippen molar-refractivity contribution in [3.05, 3.63) is 42.5 Å². The van der Waals surface area contributed by atoms with E-state index in [4.69, 9.17) is 18.9 Å². The van der Waals surface area contributed by atoms with E-state index in [2.05, 4.69) is 28.8 Å². The van der Waals surface area contributed by atoms with Crippen molar-refractivity contribution in [2.45, 2.75) is 32.5 Å². The molecule has 0 fully saturated rings. The number of benzene rings is 4. The van der Waals surface area contributed by atoms with Crippen LogP contribution in [0, 0.1) is 0 Å². The molecule has 0 aliphatic heterocycles. The summed E-state index contributed by atoms with van der Waals surface area (Å²) in [5.41, 5.74) is -3.03. The molecule has 0 saturated heterocycles. The predicted molar refractivity (Wildman–Crippen MR) is 228 cm³/mol. The van der Waals surface area contributed by atoms with Gasteiger partial charge in [0, 0.05) is 35.0 Å². The van der Waals surface area contributed by atoms with E-state index >= 15 is 0 Å². The molecule has 0 spiro atoms. The van der Waals surface area contributed by atoms with Crippen molar-refractivity contribution in [3.8, 4) is 28.7 Å². The van der Waals surface area contributed by atoms with Gasteiger partial charge < -0.3 is 47.6 Å². The summed E-state index contributed by atoms with van der Waals surface area (Å²) in [6, 6.07) is 2.95. The number of anilines is 1. The van der Waals surface area contributed by atoms with Gasteiger partial charge in [0.15, 0.2) is 31.2 Å². The molecule has 0 heterocycles. The molecular formula is C34H33N5Na4O25S6. The van der Waals surface area contributed by atoms with Gasteiger partial charge in [-0.15, -0.1) is 10.2 Å². The molecule has 384 valence electrons. The minimum absolute atomic E-state index is 0. The van der Waals surface area contributed by atoms with Crippen LogP contribution in [0.25, 0.3) is 10.8 Å². The van der Waals surface area contributed by atoms with Crippen LogP contribution in [0.2, 0.25) is 0 Å². The van der Waals surface area contributed by atoms with Gasteiger partial charge in [0.05, 0.1) is 68.6 Å². The molecule has 30 nitrogen and oxygen atoms in total. The Morgan fingerprint density at radius 3 is 1.39 bits per heavy atom. The van der Waals surface area contributed by atoms with Crippen LogP contribution in [0.5, 0.6) is 28.7 Å². The van der Waals surface area contributed by atoms with Crippen LogP contribution < -0.4 is 142 Å². The number of carbonyl (C=O) groups is 2. The van der Waals surface area contributed by atoms with Gasteiger partial charge in [0.25, 0.3) is 5.91 Å². The van der Waals surface area contributed by atoms with Crippen molar-refractivity contribution in [2.24, 2.45) is 20.5 Å². The molecule has 4 rings (SSSR count). The summed E-state index contributed by atoms with van der Waals surface area (Å²) in [5.74, 6) is -7.84. The van der Waals surface area contributed by atoms with Crippen LogP contribution in [0.3, 0.4) is 0 Å². The Balaban J connectivity index is 0.0000133. The Kier molecular flexibility index (Phi) is 27.9. The minimum Gasteiger partial charge on any atom is -0.744 e. The molecule has 4 aromatic carbocycles. The summed E-state index contributed by atoms with van der Waals surface area (Å²) in [6.07, 6.45) is 0. The molecule has 1 atom stereocenters.